The van der Waals surface area contributed by atoms with E-state index in [9.17, 15) is 13.2 Å². The monoisotopic (exact) mass is 495 g/mol. The number of fused-ring (bicyclic) bond motifs is 1. The molecule has 0 radical (unpaired) electrons. The van der Waals surface area contributed by atoms with Gasteiger partial charge in [0.25, 0.3) is 0 Å². The smallest absolute Gasteiger partial charge is 0.234 e. The molecule has 0 fully saturated rings. The van der Waals surface area contributed by atoms with Crippen molar-refractivity contribution in [1.29, 1.82) is 0 Å². The maximum absolute atomic E-state index is 12.5. The predicted octanol–water partition coefficient (Wildman–Crippen LogP) is 3.97. The molecule has 0 unspecified atom stereocenters. The molecule has 1 N–H and O–H groups in total. The molecule has 0 saturated carbocycles. The van der Waals surface area contributed by atoms with E-state index < -0.39 is 10.0 Å². The average molecular weight is 496 g/mol. The zero-order chi connectivity index (χ0) is 24.3. The zero-order valence-corrected chi connectivity index (χ0v) is 20.7. The lowest BCUT2D eigenvalue weighted by molar-refractivity contribution is -0.113. The van der Waals surface area contributed by atoms with Gasteiger partial charge in [0.2, 0.25) is 15.9 Å². The van der Waals surface area contributed by atoms with Gasteiger partial charge in [0, 0.05) is 12.7 Å². The van der Waals surface area contributed by atoms with Crippen molar-refractivity contribution in [3.05, 3.63) is 78.1 Å². The van der Waals surface area contributed by atoms with E-state index in [-0.39, 0.29) is 18.2 Å². The van der Waals surface area contributed by atoms with Gasteiger partial charge in [0.15, 0.2) is 11.0 Å². The summed E-state index contributed by atoms with van der Waals surface area (Å²) in [5.74, 6) is 0.456. The lowest BCUT2D eigenvalue weighted by atomic mass is 10.1. The van der Waals surface area contributed by atoms with E-state index in [0.29, 0.717) is 16.7 Å². The first-order chi connectivity index (χ1) is 16.2. The SMILES string of the molecule is Cc1ccc(N(Cc2nnc(SCC(=O)Nc3ccc4ccccc4c3)n2C)S(C)(=O)=O)cc1. The summed E-state index contributed by atoms with van der Waals surface area (Å²) >= 11 is 1.24. The summed E-state index contributed by atoms with van der Waals surface area (Å²) < 4.78 is 27.8. The lowest BCUT2D eigenvalue weighted by Gasteiger charge is -2.22. The highest BCUT2D eigenvalue weighted by molar-refractivity contribution is 7.99. The Kier molecular flexibility index (Phi) is 6.90. The van der Waals surface area contributed by atoms with Crippen molar-refractivity contribution in [2.24, 2.45) is 7.05 Å². The second-order valence-electron chi connectivity index (χ2n) is 7.96. The minimum Gasteiger partial charge on any atom is -0.325 e. The molecule has 1 heterocycles. The van der Waals surface area contributed by atoms with Gasteiger partial charge in [-0.3, -0.25) is 9.10 Å². The van der Waals surface area contributed by atoms with Gasteiger partial charge in [-0.15, -0.1) is 10.2 Å². The first-order valence-electron chi connectivity index (χ1n) is 10.5. The number of nitrogens with one attached hydrogen (secondary N) is 1. The van der Waals surface area contributed by atoms with E-state index in [1.54, 1.807) is 23.7 Å². The Balaban J connectivity index is 1.42. The highest BCUT2D eigenvalue weighted by Gasteiger charge is 2.21. The third-order valence-corrected chi connectivity index (χ3v) is 7.46. The molecule has 0 atom stereocenters. The van der Waals surface area contributed by atoms with Gasteiger partial charge < -0.3 is 9.88 Å². The number of anilines is 2. The van der Waals surface area contributed by atoms with Crippen LogP contribution >= 0.6 is 11.8 Å². The van der Waals surface area contributed by atoms with Crippen LogP contribution in [0.1, 0.15) is 11.4 Å². The van der Waals surface area contributed by atoms with Crippen LogP contribution in [0.5, 0.6) is 0 Å². The summed E-state index contributed by atoms with van der Waals surface area (Å²) in [7, 11) is -1.77. The molecule has 10 heteroatoms. The number of hydrogen-bond acceptors (Lipinski definition) is 6. The number of aryl methyl sites for hydroxylation is 1. The van der Waals surface area contributed by atoms with Gasteiger partial charge in [0.1, 0.15) is 0 Å². The largest absolute Gasteiger partial charge is 0.325 e. The number of amides is 1. The van der Waals surface area contributed by atoms with Crippen LogP contribution in [-0.4, -0.2) is 41.1 Å². The van der Waals surface area contributed by atoms with Crippen molar-refractivity contribution in [2.45, 2.75) is 18.6 Å². The van der Waals surface area contributed by atoms with Gasteiger partial charge in [-0.1, -0.05) is 59.8 Å². The number of rotatable bonds is 8. The highest BCUT2D eigenvalue weighted by Crippen LogP contribution is 2.23. The van der Waals surface area contributed by atoms with Crippen molar-refractivity contribution in [3.63, 3.8) is 0 Å². The summed E-state index contributed by atoms with van der Waals surface area (Å²) in [6.07, 6.45) is 1.16. The first kappa shape index (κ1) is 23.8. The van der Waals surface area contributed by atoms with Crippen LogP contribution in [-0.2, 0) is 28.4 Å². The fourth-order valence-corrected chi connectivity index (χ4v) is 5.03. The fraction of sp³-hybridized carbons (Fsp3) is 0.208. The van der Waals surface area contributed by atoms with Crippen LogP contribution in [0, 0.1) is 6.92 Å². The van der Waals surface area contributed by atoms with Crippen LogP contribution in [0.4, 0.5) is 11.4 Å². The zero-order valence-electron chi connectivity index (χ0n) is 19.1. The Bertz CT molecular complexity index is 1430. The number of carbonyl (C=O) groups is 1. The van der Waals surface area contributed by atoms with Crippen molar-refractivity contribution in [2.75, 3.05) is 21.6 Å². The molecule has 3 aromatic carbocycles. The summed E-state index contributed by atoms with van der Waals surface area (Å²) in [5.41, 5.74) is 2.32. The predicted molar refractivity (Wildman–Crippen MR) is 137 cm³/mol. The minimum absolute atomic E-state index is 0.0369. The third-order valence-electron chi connectivity index (χ3n) is 5.30. The van der Waals surface area contributed by atoms with Crippen molar-refractivity contribution in [1.82, 2.24) is 14.8 Å². The van der Waals surface area contributed by atoms with E-state index in [4.69, 9.17) is 0 Å². The van der Waals surface area contributed by atoms with E-state index in [1.165, 1.54) is 16.1 Å². The van der Waals surface area contributed by atoms with Crippen LogP contribution in [0.15, 0.2) is 71.9 Å². The van der Waals surface area contributed by atoms with E-state index in [2.05, 4.69) is 15.5 Å². The van der Waals surface area contributed by atoms with Crippen LogP contribution in [0.3, 0.4) is 0 Å². The van der Waals surface area contributed by atoms with Gasteiger partial charge in [-0.25, -0.2) is 8.42 Å². The topological polar surface area (TPSA) is 97.2 Å². The normalized spacial score (nSPS) is 11.5. The maximum Gasteiger partial charge on any atom is 0.234 e. The van der Waals surface area contributed by atoms with Gasteiger partial charge in [-0.05, 0) is 42.0 Å². The van der Waals surface area contributed by atoms with Crippen molar-refractivity contribution >= 4 is 49.8 Å². The minimum atomic E-state index is -3.53. The first-order valence-corrected chi connectivity index (χ1v) is 13.4. The Labute approximate surface area is 203 Å². The van der Waals surface area contributed by atoms with Crippen LogP contribution < -0.4 is 9.62 Å². The maximum atomic E-state index is 12.5. The molecule has 34 heavy (non-hydrogen) atoms. The number of sulfonamides is 1. The molecule has 0 saturated heterocycles. The molecule has 0 bridgehead atoms. The van der Waals surface area contributed by atoms with Crippen molar-refractivity contribution < 1.29 is 13.2 Å². The fourth-order valence-electron chi connectivity index (χ4n) is 3.44. The summed E-state index contributed by atoms with van der Waals surface area (Å²) in [5, 5.41) is 13.9. The van der Waals surface area contributed by atoms with Crippen LogP contribution in [0.2, 0.25) is 0 Å². The Morgan fingerprint density at radius 2 is 1.74 bits per heavy atom. The molecule has 8 nitrogen and oxygen atoms in total. The molecule has 0 aliphatic carbocycles. The van der Waals surface area contributed by atoms with E-state index >= 15 is 0 Å². The number of aromatic nitrogens is 3. The molecule has 1 amide bonds. The number of benzene rings is 3. The summed E-state index contributed by atoms with van der Waals surface area (Å²) in [6, 6.07) is 21.0. The number of nitrogens with zero attached hydrogens (tertiary/aromatic N) is 4. The van der Waals surface area contributed by atoms with E-state index in [0.717, 1.165) is 28.3 Å². The Hall–Kier alpha value is -3.37. The summed E-state index contributed by atoms with van der Waals surface area (Å²) in [6.45, 7) is 1.98. The molecule has 176 valence electrons. The molecule has 4 rings (SSSR count). The standard InChI is InChI=1S/C24H25N5O3S2/c1-17-8-12-21(13-9-17)29(34(3,31)32)15-22-26-27-24(28(22)2)33-16-23(30)25-20-11-10-18-6-4-5-7-19(18)14-20/h4-14H,15-16H2,1-3H3,(H,25,30). The van der Waals surface area contributed by atoms with Gasteiger partial charge in [0.05, 0.1) is 24.2 Å². The van der Waals surface area contributed by atoms with Crippen LogP contribution in [0.25, 0.3) is 10.8 Å². The number of thioether (sulfide) groups is 1. The second kappa shape index (κ2) is 9.86. The second-order valence-corrected chi connectivity index (χ2v) is 10.8. The van der Waals surface area contributed by atoms with Gasteiger partial charge >= 0.3 is 0 Å². The molecule has 0 spiro atoms. The Morgan fingerprint density at radius 3 is 2.44 bits per heavy atom. The van der Waals surface area contributed by atoms with Gasteiger partial charge in [-0.2, -0.15) is 0 Å². The molecular weight excluding hydrogens is 470 g/mol. The molecule has 4 aromatic rings. The number of carbonyl (C=O) groups excluding carboxylic acids is 1. The lowest BCUT2D eigenvalue weighted by Crippen LogP contribution is -2.30. The van der Waals surface area contributed by atoms with Crippen molar-refractivity contribution in [3.8, 4) is 0 Å². The highest BCUT2D eigenvalue weighted by atomic mass is 32.2. The molecular formula is C24H25N5O3S2. The number of hydrogen-bond donors (Lipinski definition) is 1. The Morgan fingerprint density at radius 1 is 1.03 bits per heavy atom. The molecule has 0 aliphatic rings. The third kappa shape index (κ3) is 5.57. The molecule has 1 aromatic heterocycles. The average Bonchev–Trinajstić information content (AvgIpc) is 3.15. The summed E-state index contributed by atoms with van der Waals surface area (Å²) in [4.78, 5) is 12.5. The van der Waals surface area contributed by atoms with E-state index in [1.807, 2.05) is 61.5 Å². The quantitative estimate of drug-likeness (QED) is 0.372. The molecule has 0 aliphatic heterocycles.